The number of nitrogens with one attached hydrogen (secondary N) is 3. The highest BCUT2D eigenvalue weighted by molar-refractivity contribution is 5.73. The van der Waals surface area contributed by atoms with Gasteiger partial charge in [-0.2, -0.15) is 13.2 Å². The predicted molar refractivity (Wildman–Crippen MR) is 46.0 cm³/mol. The van der Waals surface area contributed by atoms with Gasteiger partial charge in [0.15, 0.2) is 0 Å². The number of carbonyl (C=O) groups excluding carboxylic acids is 1. The summed E-state index contributed by atoms with van der Waals surface area (Å²) < 4.78 is 34.9. The molecule has 0 bridgehead atoms. The molecule has 2 amide bonds. The van der Waals surface area contributed by atoms with Gasteiger partial charge in [-0.05, 0) is 14.0 Å². The fourth-order valence-electron chi connectivity index (χ4n) is 0.591. The van der Waals surface area contributed by atoms with Crippen LogP contribution in [-0.2, 0) is 0 Å². The molecule has 1 unspecified atom stereocenters. The van der Waals surface area contributed by atoms with E-state index in [4.69, 9.17) is 0 Å². The van der Waals surface area contributed by atoms with Crippen molar-refractivity contribution in [3.63, 3.8) is 0 Å². The molecule has 0 aromatic rings. The second kappa shape index (κ2) is 5.69. The molecule has 0 rings (SSSR count). The lowest BCUT2D eigenvalue weighted by atomic mass is 10.3. The van der Waals surface area contributed by atoms with E-state index < -0.39 is 18.8 Å². The van der Waals surface area contributed by atoms with E-state index in [1.54, 1.807) is 19.3 Å². The molecule has 4 nitrogen and oxygen atoms in total. The van der Waals surface area contributed by atoms with E-state index in [1.807, 2.05) is 0 Å². The molecule has 0 aliphatic carbocycles. The van der Waals surface area contributed by atoms with E-state index in [2.05, 4.69) is 10.6 Å². The number of amides is 2. The van der Waals surface area contributed by atoms with Gasteiger partial charge in [0.25, 0.3) is 0 Å². The Morgan fingerprint density at radius 2 is 1.93 bits per heavy atom. The van der Waals surface area contributed by atoms with Crippen molar-refractivity contribution >= 4 is 6.03 Å². The number of halogens is 3. The SMILES string of the molecule is CNC(C)CNC(=O)NCC(F)(F)F. The highest BCUT2D eigenvalue weighted by Crippen LogP contribution is 2.11. The standard InChI is InChI=1S/C7H14F3N3O/c1-5(11-2)3-12-6(14)13-4-7(8,9)10/h5,11H,3-4H2,1-2H3,(H2,12,13,14). The molecule has 0 fully saturated rings. The normalized spacial score (nSPS) is 13.5. The number of hydrogen-bond donors (Lipinski definition) is 3. The number of carbonyl (C=O) groups is 1. The number of rotatable bonds is 4. The lowest BCUT2D eigenvalue weighted by molar-refractivity contribution is -0.122. The van der Waals surface area contributed by atoms with Crippen LogP contribution in [0.1, 0.15) is 6.92 Å². The third-order valence-corrected chi connectivity index (χ3v) is 1.51. The van der Waals surface area contributed by atoms with Gasteiger partial charge in [-0.1, -0.05) is 0 Å². The molecule has 0 aliphatic rings. The van der Waals surface area contributed by atoms with Gasteiger partial charge in [-0.25, -0.2) is 4.79 Å². The van der Waals surface area contributed by atoms with Crippen molar-refractivity contribution in [1.82, 2.24) is 16.0 Å². The molecule has 0 saturated carbocycles. The van der Waals surface area contributed by atoms with Crippen LogP contribution < -0.4 is 16.0 Å². The Hall–Kier alpha value is -0.980. The Morgan fingerprint density at radius 1 is 1.36 bits per heavy atom. The molecule has 3 N–H and O–H groups in total. The van der Waals surface area contributed by atoms with Gasteiger partial charge in [0.2, 0.25) is 0 Å². The van der Waals surface area contributed by atoms with Crippen LogP contribution in [0.2, 0.25) is 0 Å². The van der Waals surface area contributed by atoms with Gasteiger partial charge in [0.05, 0.1) is 0 Å². The van der Waals surface area contributed by atoms with E-state index in [9.17, 15) is 18.0 Å². The van der Waals surface area contributed by atoms with Crippen LogP contribution in [0.4, 0.5) is 18.0 Å². The number of urea groups is 1. The molecule has 0 aromatic heterocycles. The molecule has 0 radical (unpaired) electrons. The van der Waals surface area contributed by atoms with Crippen molar-refractivity contribution in [3.05, 3.63) is 0 Å². The van der Waals surface area contributed by atoms with Gasteiger partial charge in [0, 0.05) is 12.6 Å². The lowest BCUT2D eigenvalue weighted by Gasteiger charge is -2.13. The van der Waals surface area contributed by atoms with Crippen molar-refractivity contribution in [2.24, 2.45) is 0 Å². The van der Waals surface area contributed by atoms with Crippen LogP contribution in [0.3, 0.4) is 0 Å². The third-order valence-electron chi connectivity index (χ3n) is 1.51. The number of alkyl halides is 3. The molecule has 0 saturated heterocycles. The van der Waals surface area contributed by atoms with Crippen LogP contribution in [0.15, 0.2) is 0 Å². The van der Waals surface area contributed by atoms with E-state index >= 15 is 0 Å². The van der Waals surface area contributed by atoms with E-state index in [0.29, 0.717) is 0 Å². The summed E-state index contributed by atoms with van der Waals surface area (Å²) in [5.41, 5.74) is 0. The summed E-state index contributed by atoms with van der Waals surface area (Å²) in [4.78, 5) is 10.8. The first kappa shape index (κ1) is 13.0. The minimum absolute atomic E-state index is 0.0200. The molecule has 84 valence electrons. The monoisotopic (exact) mass is 213 g/mol. The molecular formula is C7H14F3N3O. The van der Waals surface area contributed by atoms with Crippen molar-refractivity contribution in [3.8, 4) is 0 Å². The van der Waals surface area contributed by atoms with Gasteiger partial charge < -0.3 is 16.0 Å². The smallest absolute Gasteiger partial charge is 0.337 e. The van der Waals surface area contributed by atoms with Gasteiger partial charge in [-0.3, -0.25) is 0 Å². The maximum Gasteiger partial charge on any atom is 0.405 e. The molecule has 1 atom stereocenters. The highest BCUT2D eigenvalue weighted by Gasteiger charge is 2.27. The average Bonchev–Trinajstić information content (AvgIpc) is 2.09. The van der Waals surface area contributed by atoms with Gasteiger partial charge in [0.1, 0.15) is 6.54 Å². The number of hydrogen-bond acceptors (Lipinski definition) is 2. The average molecular weight is 213 g/mol. The Kier molecular flexibility index (Phi) is 5.29. The summed E-state index contributed by atoms with van der Waals surface area (Å²) in [6.45, 7) is 0.761. The first-order valence-corrected chi connectivity index (χ1v) is 4.11. The molecule has 14 heavy (non-hydrogen) atoms. The number of likely N-dealkylation sites (N-methyl/N-ethyl adjacent to an activating group) is 1. The zero-order chi connectivity index (χ0) is 11.2. The molecule has 0 aliphatic heterocycles. The van der Waals surface area contributed by atoms with E-state index in [1.165, 1.54) is 0 Å². The predicted octanol–water partition coefficient (Wildman–Crippen LogP) is 0.456. The third kappa shape index (κ3) is 7.66. The topological polar surface area (TPSA) is 53.2 Å². The molecule has 0 spiro atoms. The Morgan fingerprint density at radius 3 is 2.36 bits per heavy atom. The van der Waals surface area contributed by atoms with Crippen molar-refractivity contribution in [2.75, 3.05) is 20.1 Å². The van der Waals surface area contributed by atoms with Crippen LogP contribution in [0, 0.1) is 0 Å². The molecule has 7 heteroatoms. The minimum Gasteiger partial charge on any atom is -0.337 e. The lowest BCUT2D eigenvalue weighted by Crippen LogP contribution is -2.45. The Labute approximate surface area is 80.2 Å². The molecule has 0 heterocycles. The van der Waals surface area contributed by atoms with Gasteiger partial charge in [-0.15, -0.1) is 0 Å². The summed E-state index contributed by atoms with van der Waals surface area (Å²) in [7, 11) is 1.69. The van der Waals surface area contributed by atoms with Crippen molar-refractivity contribution in [2.45, 2.75) is 19.1 Å². The van der Waals surface area contributed by atoms with Crippen molar-refractivity contribution < 1.29 is 18.0 Å². The Balaban J connectivity index is 3.57. The maximum absolute atomic E-state index is 11.6. The summed E-state index contributed by atoms with van der Waals surface area (Å²) in [5.74, 6) is 0. The molecule has 0 aromatic carbocycles. The van der Waals surface area contributed by atoms with Gasteiger partial charge >= 0.3 is 12.2 Å². The van der Waals surface area contributed by atoms with Crippen LogP contribution >= 0.6 is 0 Å². The summed E-state index contributed by atoms with van der Waals surface area (Å²) >= 11 is 0. The summed E-state index contributed by atoms with van der Waals surface area (Å²) in [6.07, 6.45) is -4.37. The quantitative estimate of drug-likeness (QED) is 0.635. The zero-order valence-electron chi connectivity index (χ0n) is 8.03. The first-order chi connectivity index (χ1) is 6.35. The summed E-state index contributed by atoms with van der Waals surface area (Å²) in [6, 6.07) is -0.795. The molecular weight excluding hydrogens is 199 g/mol. The van der Waals surface area contributed by atoms with Crippen LogP contribution in [0.25, 0.3) is 0 Å². The fourth-order valence-corrected chi connectivity index (χ4v) is 0.591. The summed E-state index contributed by atoms with van der Waals surface area (Å²) in [5, 5.41) is 6.82. The zero-order valence-corrected chi connectivity index (χ0v) is 8.03. The fraction of sp³-hybridized carbons (Fsp3) is 0.857. The van der Waals surface area contributed by atoms with E-state index in [-0.39, 0.29) is 12.6 Å². The van der Waals surface area contributed by atoms with E-state index in [0.717, 1.165) is 0 Å². The maximum atomic E-state index is 11.6. The van der Waals surface area contributed by atoms with Crippen LogP contribution in [0.5, 0.6) is 0 Å². The van der Waals surface area contributed by atoms with Crippen LogP contribution in [-0.4, -0.2) is 38.4 Å². The first-order valence-electron chi connectivity index (χ1n) is 4.11. The highest BCUT2D eigenvalue weighted by atomic mass is 19.4. The Bertz CT molecular complexity index is 184. The van der Waals surface area contributed by atoms with Crippen molar-refractivity contribution in [1.29, 1.82) is 0 Å². The second-order valence-corrected chi connectivity index (χ2v) is 2.87. The minimum atomic E-state index is -4.37. The largest absolute Gasteiger partial charge is 0.405 e. The second-order valence-electron chi connectivity index (χ2n) is 2.87.